The summed E-state index contributed by atoms with van der Waals surface area (Å²) in [7, 11) is 0. The summed E-state index contributed by atoms with van der Waals surface area (Å²) >= 11 is 5.76. The number of phenols is 1. The van der Waals surface area contributed by atoms with E-state index in [1.807, 2.05) is 5.32 Å². The van der Waals surface area contributed by atoms with Crippen molar-refractivity contribution in [2.75, 3.05) is 11.1 Å². The third-order valence-corrected chi connectivity index (χ3v) is 4.27. The lowest BCUT2D eigenvalue weighted by Crippen LogP contribution is -2.17. The number of aromatic hydroxyl groups is 1. The molecule has 0 atom stereocenters. The van der Waals surface area contributed by atoms with Crippen molar-refractivity contribution in [2.45, 2.75) is 13.1 Å². The summed E-state index contributed by atoms with van der Waals surface area (Å²) < 4.78 is 53.5. The van der Waals surface area contributed by atoms with Crippen LogP contribution in [0.25, 0.3) is 11.3 Å². The predicted octanol–water partition coefficient (Wildman–Crippen LogP) is 4.13. The molecule has 0 unspecified atom stereocenters. The number of amides is 1. The van der Waals surface area contributed by atoms with Crippen LogP contribution in [0.1, 0.15) is 21.7 Å². The summed E-state index contributed by atoms with van der Waals surface area (Å²) in [4.78, 5) is 16.3. The number of nitrogens with two attached hydrogens (primary N) is 1. The van der Waals surface area contributed by atoms with E-state index in [1.165, 1.54) is 19.1 Å². The van der Waals surface area contributed by atoms with Crippen LogP contribution >= 0.6 is 11.6 Å². The molecule has 0 aliphatic heterocycles. The number of nitrogen functional groups attached to an aromatic ring is 1. The molecule has 1 amide bonds. The van der Waals surface area contributed by atoms with Crippen LogP contribution in [0.2, 0.25) is 5.02 Å². The van der Waals surface area contributed by atoms with Gasteiger partial charge in [-0.3, -0.25) is 9.89 Å². The van der Waals surface area contributed by atoms with Gasteiger partial charge < -0.3 is 16.2 Å². The number of aromatic amines is 1. The molecule has 0 saturated heterocycles. The van der Waals surface area contributed by atoms with Crippen molar-refractivity contribution < 1.29 is 27.5 Å². The Morgan fingerprint density at radius 3 is 2.62 bits per heavy atom. The minimum atomic E-state index is -4.80. The minimum absolute atomic E-state index is 0.0386. The van der Waals surface area contributed by atoms with Crippen LogP contribution in [0, 0.1) is 12.7 Å². The Morgan fingerprint density at radius 1 is 1.31 bits per heavy atom. The molecular weight excluding hydrogens is 418 g/mol. The molecular formula is C17H12ClF4N5O2. The lowest BCUT2D eigenvalue weighted by atomic mass is 10.1. The van der Waals surface area contributed by atoms with Gasteiger partial charge in [0.05, 0.1) is 27.7 Å². The molecule has 7 nitrogen and oxygen atoms in total. The van der Waals surface area contributed by atoms with Crippen LogP contribution in [-0.4, -0.2) is 26.2 Å². The van der Waals surface area contributed by atoms with E-state index in [2.05, 4.69) is 10.1 Å². The second-order valence-corrected chi connectivity index (χ2v) is 6.33. The number of alkyl halides is 3. The number of pyridine rings is 1. The predicted molar refractivity (Wildman–Crippen MR) is 97.0 cm³/mol. The average Bonchev–Trinajstić information content (AvgIpc) is 3.00. The first kappa shape index (κ1) is 20.4. The second-order valence-electron chi connectivity index (χ2n) is 5.92. The van der Waals surface area contributed by atoms with Gasteiger partial charge in [0.25, 0.3) is 5.91 Å². The van der Waals surface area contributed by atoms with Crippen molar-refractivity contribution in [3.05, 3.63) is 52.1 Å². The van der Waals surface area contributed by atoms with E-state index in [4.69, 9.17) is 17.3 Å². The molecule has 0 aliphatic rings. The van der Waals surface area contributed by atoms with Crippen LogP contribution < -0.4 is 11.1 Å². The largest absolute Gasteiger partial charge is 0.507 e. The number of aryl methyl sites for hydroxylation is 1. The number of H-pyrrole nitrogens is 1. The number of aromatic nitrogens is 3. The monoisotopic (exact) mass is 429 g/mol. The molecule has 2 aromatic heterocycles. The Balaban J connectivity index is 1.97. The van der Waals surface area contributed by atoms with Gasteiger partial charge in [0.1, 0.15) is 17.4 Å². The third kappa shape index (κ3) is 3.94. The lowest BCUT2D eigenvalue weighted by molar-refractivity contribution is -0.140. The van der Waals surface area contributed by atoms with Gasteiger partial charge in [0.2, 0.25) is 0 Å². The highest BCUT2D eigenvalue weighted by Gasteiger charge is 2.37. The molecule has 29 heavy (non-hydrogen) atoms. The smallest absolute Gasteiger partial charge is 0.434 e. The van der Waals surface area contributed by atoms with E-state index in [0.717, 1.165) is 6.07 Å². The van der Waals surface area contributed by atoms with Crippen molar-refractivity contribution in [3.63, 3.8) is 0 Å². The first-order valence-electron chi connectivity index (χ1n) is 7.87. The number of benzene rings is 1. The van der Waals surface area contributed by atoms with Crippen molar-refractivity contribution in [1.29, 1.82) is 0 Å². The van der Waals surface area contributed by atoms with Crippen LogP contribution in [0.5, 0.6) is 5.75 Å². The highest BCUT2D eigenvalue weighted by Crippen LogP contribution is 2.36. The topological polar surface area (TPSA) is 117 Å². The lowest BCUT2D eigenvalue weighted by Gasteiger charge is -2.12. The Hall–Kier alpha value is -3.34. The number of phenolic OH excluding ortho intramolecular Hbond substituents is 1. The SMILES string of the molecule is Cc1n[nH]c(C(F)(F)F)c1NC(=O)c1cc(F)c(-c2ccc(Cl)c(N)n2)cc1O. The molecule has 3 rings (SSSR count). The van der Waals surface area contributed by atoms with Crippen LogP contribution in [0.4, 0.5) is 29.1 Å². The number of anilines is 2. The molecule has 0 spiro atoms. The van der Waals surface area contributed by atoms with E-state index in [9.17, 15) is 27.5 Å². The zero-order chi connectivity index (χ0) is 21.5. The maximum Gasteiger partial charge on any atom is 0.434 e. The van der Waals surface area contributed by atoms with E-state index in [-0.39, 0.29) is 27.8 Å². The van der Waals surface area contributed by atoms with Gasteiger partial charge in [0.15, 0.2) is 5.69 Å². The summed E-state index contributed by atoms with van der Waals surface area (Å²) in [6.45, 7) is 1.24. The molecule has 3 aromatic rings. The number of hydrogen-bond donors (Lipinski definition) is 4. The van der Waals surface area contributed by atoms with Gasteiger partial charge in [-0.2, -0.15) is 18.3 Å². The quantitative estimate of drug-likeness (QED) is 0.467. The zero-order valence-electron chi connectivity index (χ0n) is 14.5. The highest BCUT2D eigenvalue weighted by atomic mass is 35.5. The van der Waals surface area contributed by atoms with Gasteiger partial charge in [0, 0.05) is 5.56 Å². The maximum atomic E-state index is 14.5. The summed E-state index contributed by atoms with van der Waals surface area (Å²) in [5, 5.41) is 17.5. The number of hydrogen-bond acceptors (Lipinski definition) is 5. The number of nitrogens with one attached hydrogen (secondary N) is 2. The number of nitrogens with zero attached hydrogens (tertiary/aromatic N) is 2. The normalized spacial score (nSPS) is 11.5. The fourth-order valence-corrected chi connectivity index (χ4v) is 2.62. The zero-order valence-corrected chi connectivity index (χ0v) is 15.3. The van der Waals surface area contributed by atoms with Gasteiger partial charge in [-0.15, -0.1) is 0 Å². The molecule has 0 bridgehead atoms. The summed E-state index contributed by atoms with van der Waals surface area (Å²) in [6, 6.07) is 4.30. The first-order valence-corrected chi connectivity index (χ1v) is 8.25. The van der Waals surface area contributed by atoms with Crippen molar-refractivity contribution in [2.24, 2.45) is 0 Å². The van der Waals surface area contributed by atoms with Gasteiger partial charge in [-0.05, 0) is 31.2 Å². The van der Waals surface area contributed by atoms with Crippen LogP contribution in [-0.2, 0) is 6.18 Å². The standard InChI is InChI=1S/C17H12ClF4N5O2/c1-6-13(14(27-26-6)17(20,21)22)25-16(29)8-4-10(19)7(5-12(8)28)11-3-2-9(18)15(23)24-11/h2-5,28H,1H3,(H2,23,24)(H,25,29)(H,26,27). The number of halogens is 5. The molecule has 0 aliphatic carbocycles. The molecule has 0 saturated carbocycles. The van der Waals surface area contributed by atoms with Gasteiger partial charge in [-0.1, -0.05) is 11.6 Å². The summed E-state index contributed by atoms with van der Waals surface area (Å²) in [5.74, 6) is -2.86. The fraction of sp³-hybridized carbons (Fsp3) is 0.118. The molecule has 0 fully saturated rings. The van der Waals surface area contributed by atoms with E-state index < -0.39 is 40.6 Å². The number of rotatable bonds is 3. The fourth-order valence-electron chi connectivity index (χ4n) is 2.52. The molecule has 12 heteroatoms. The minimum Gasteiger partial charge on any atom is -0.507 e. The summed E-state index contributed by atoms with van der Waals surface area (Å²) in [5.41, 5.74) is 2.81. The Morgan fingerprint density at radius 2 is 2.00 bits per heavy atom. The van der Waals surface area contributed by atoms with Crippen LogP contribution in [0.3, 0.4) is 0 Å². The highest BCUT2D eigenvalue weighted by molar-refractivity contribution is 6.32. The number of carbonyl (C=O) groups excluding carboxylic acids is 1. The Labute approximate surface area is 165 Å². The molecule has 152 valence electrons. The van der Waals surface area contributed by atoms with Crippen molar-refractivity contribution >= 4 is 29.0 Å². The van der Waals surface area contributed by atoms with Gasteiger partial charge in [-0.25, -0.2) is 9.37 Å². The summed E-state index contributed by atoms with van der Waals surface area (Å²) in [6.07, 6.45) is -4.80. The Kier molecular flexibility index (Phi) is 5.09. The van der Waals surface area contributed by atoms with E-state index in [1.54, 1.807) is 5.10 Å². The Bertz CT molecular complexity index is 1110. The van der Waals surface area contributed by atoms with Gasteiger partial charge >= 0.3 is 6.18 Å². The molecule has 5 N–H and O–H groups in total. The van der Waals surface area contributed by atoms with E-state index in [0.29, 0.717) is 6.07 Å². The maximum absolute atomic E-state index is 14.5. The first-order chi connectivity index (χ1) is 13.5. The third-order valence-electron chi connectivity index (χ3n) is 3.95. The van der Waals surface area contributed by atoms with Crippen molar-refractivity contribution in [3.8, 4) is 17.0 Å². The molecule has 0 radical (unpaired) electrons. The molecule has 1 aromatic carbocycles. The number of carbonyl (C=O) groups is 1. The van der Waals surface area contributed by atoms with E-state index >= 15 is 0 Å². The van der Waals surface area contributed by atoms with Crippen molar-refractivity contribution in [1.82, 2.24) is 15.2 Å². The second kappa shape index (κ2) is 7.24. The van der Waals surface area contributed by atoms with Crippen LogP contribution in [0.15, 0.2) is 24.3 Å². The molecule has 2 heterocycles. The average molecular weight is 430 g/mol.